The molecule has 0 aliphatic heterocycles. The molecule has 0 spiro atoms. The van der Waals surface area contributed by atoms with Gasteiger partial charge in [0.1, 0.15) is 0 Å². The molecule has 4 heteroatoms. The van der Waals surface area contributed by atoms with Gasteiger partial charge in [-0.2, -0.15) is 0 Å². The summed E-state index contributed by atoms with van der Waals surface area (Å²) in [4.78, 5) is 0. The van der Waals surface area contributed by atoms with Crippen LogP contribution in [0.4, 0.5) is 0 Å². The van der Waals surface area contributed by atoms with Crippen molar-refractivity contribution in [3.05, 3.63) is 0 Å². The fourth-order valence-electron chi connectivity index (χ4n) is 0. The predicted molar refractivity (Wildman–Crippen MR) is 7.84 cm³/mol. The van der Waals surface area contributed by atoms with Gasteiger partial charge in [-0.1, -0.05) is 0 Å². The van der Waals surface area contributed by atoms with Crippen LogP contribution < -0.4 is 0 Å². The second-order valence-electron chi connectivity index (χ2n) is 0. The van der Waals surface area contributed by atoms with Gasteiger partial charge in [-0.05, 0) is 0 Å². The van der Waals surface area contributed by atoms with Crippen LogP contribution in [0.2, 0.25) is 0 Å². The van der Waals surface area contributed by atoms with Gasteiger partial charge in [0.15, 0.2) is 0 Å². The molecule has 0 aliphatic carbocycles. The van der Waals surface area contributed by atoms with Crippen LogP contribution >= 0.6 is 0 Å². The van der Waals surface area contributed by atoms with E-state index >= 15 is 0 Å². The topological polar surface area (TPSA) is 17.1 Å². The Labute approximate surface area is 56.9 Å². The van der Waals surface area contributed by atoms with Crippen molar-refractivity contribution in [3.8, 4) is 0 Å². The molecule has 0 aromatic rings. The summed E-state index contributed by atoms with van der Waals surface area (Å²) in [7, 11) is 0. The maximum absolute atomic E-state index is 8.38. The first-order valence-electron chi connectivity index (χ1n) is 0.289. The van der Waals surface area contributed by atoms with Crippen LogP contribution in [0.5, 0.6) is 0 Å². The standard InChI is InChI=1S/Li.Ni.O.Zn.H. The molecule has 0 aliphatic rings. The van der Waals surface area contributed by atoms with E-state index < -0.39 is 0 Å². The molecule has 4 heavy (non-hydrogen) atoms. The molecule has 0 bridgehead atoms. The Morgan fingerprint density at radius 1 is 1.25 bits per heavy atom. The van der Waals surface area contributed by atoms with Gasteiger partial charge >= 0.3 is 40.7 Å². The van der Waals surface area contributed by atoms with Gasteiger partial charge in [0.2, 0.25) is 0 Å². The van der Waals surface area contributed by atoms with Crippen molar-refractivity contribution >= 4 is 18.9 Å². The van der Waals surface area contributed by atoms with E-state index in [0.29, 0.717) is 0 Å². The molecule has 0 N–H and O–H groups in total. The second kappa shape index (κ2) is 24.3. The van der Waals surface area contributed by atoms with Gasteiger partial charge in [0, 0.05) is 16.5 Å². The van der Waals surface area contributed by atoms with Gasteiger partial charge < -0.3 is 0 Å². The van der Waals surface area contributed by atoms with E-state index in [9.17, 15) is 0 Å². The molecule has 0 amide bonds. The molecule has 0 radical (unpaired) electrons. The van der Waals surface area contributed by atoms with Crippen LogP contribution in [0.25, 0.3) is 0 Å². The summed E-state index contributed by atoms with van der Waals surface area (Å²) >= 11 is 0.125. The third kappa shape index (κ3) is 9.69. The number of hydrogen-bond acceptors (Lipinski definition) is 1. The van der Waals surface area contributed by atoms with Crippen LogP contribution in [0.1, 0.15) is 0 Å². The molecule has 0 aromatic carbocycles. The quantitative estimate of drug-likeness (QED) is 0.412. The summed E-state index contributed by atoms with van der Waals surface area (Å²) in [5.41, 5.74) is 0. The first-order chi connectivity index (χ1) is 1.00. The van der Waals surface area contributed by atoms with Crippen molar-refractivity contribution in [2.24, 2.45) is 0 Å². The Balaban J connectivity index is -0.00000000500. The van der Waals surface area contributed by atoms with E-state index in [4.69, 9.17) is 3.57 Å². The summed E-state index contributed by atoms with van der Waals surface area (Å²) in [6.07, 6.45) is 0. The minimum absolute atomic E-state index is 0. The zero-order chi connectivity index (χ0) is 2.00. The second-order valence-corrected chi connectivity index (χ2v) is 0. The van der Waals surface area contributed by atoms with Gasteiger partial charge in [-0.3, -0.25) is 0 Å². The SMILES string of the molecule is [LiH].[Ni].[O]=[Zn]. The van der Waals surface area contributed by atoms with E-state index in [2.05, 4.69) is 0 Å². The Kier molecular flexibility index (Phi) is 108. The van der Waals surface area contributed by atoms with E-state index in [1.807, 2.05) is 0 Å². The molecule has 0 aromatic heterocycles. The average molecular weight is 148 g/mol. The first kappa shape index (κ1) is 17.8. The molecule has 20 valence electrons. The molecule has 0 fully saturated rings. The van der Waals surface area contributed by atoms with Crippen molar-refractivity contribution in [2.75, 3.05) is 0 Å². The monoisotopic (exact) mass is 146 g/mol. The molecule has 0 unspecified atom stereocenters. The fourth-order valence-corrected chi connectivity index (χ4v) is 0. The summed E-state index contributed by atoms with van der Waals surface area (Å²) < 4.78 is 8.38. The van der Waals surface area contributed by atoms with Crippen LogP contribution in [-0.2, 0) is 38.3 Å². The van der Waals surface area contributed by atoms with Gasteiger partial charge in [0.05, 0.1) is 0 Å². The van der Waals surface area contributed by atoms with Crippen LogP contribution in [0, 0.1) is 0 Å². The summed E-state index contributed by atoms with van der Waals surface area (Å²) in [6, 6.07) is 0. The molecule has 0 heterocycles. The van der Waals surface area contributed by atoms with E-state index in [1.54, 1.807) is 0 Å². The average Bonchev–Trinajstić information content (AvgIpc) is 1.00. The Morgan fingerprint density at radius 2 is 1.25 bits per heavy atom. The van der Waals surface area contributed by atoms with Crippen molar-refractivity contribution < 1.29 is 38.3 Å². The number of rotatable bonds is 0. The van der Waals surface area contributed by atoms with E-state index in [-0.39, 0.29) is 53.6 Å². The molecule has 1 nitrogen and oxygen atoms in total. The van der Waals surface area contributed by atoms with E-state index in [1.165, 1.54) is 0 Å². The molecular weight excluding hydrogens is 147 g/mol. The third-order valence-electron chi connectivity index (χ3n) is 0. The molecule has 0 atom stereocenters. The summed E-state index contributed by atoms with van der Waals surface area (Å²) in [5, 5.41) is 0. The Morgan fingerprint density at radius 3 is 1.25 bits per heavy atom. The first-order valence-corrected chi connectivity index (χ1v) is 1.50. The normalized spacial score (nSPS) is 1.50. The Hall–Kier alpha value is 1.51. The summed E-state index contributed by atoms with van der Waals surface area (Å²) in [5.74, 6) is 0. The number of hydrogen-bond donors (Lipinski definition) is 0. The van der Waals surface area contributed by atoms with Crippen molar-refractivity contribution in [1.82, 2.24) is 0 Å². The maximum atomic E-state index is 8.38. The van der Waals surface area contributed by atoms with Crippen molar-refractivity contribution in [2.45, 2.75) is 0 Å². The molecule has 0 rings (SSSR count). The fraction of sp³-hybridized carbons (Fsp3) is 0. The molecule has 0 saturated heterocycles. The van der Waals surface area contributed by atoms with Crippen LogP contribution in [0.3, 0.4) is 0 Å². The van der Waals surface area contributed by atoms with Crippen LogP contribution in [-0.4, -0.2) is 18.9 Å². The van der Waals surface area contributed by atoms with E-state index in [0.717, 1.165) is 0 Å². The summed E-state index contributed by atoms with van der Waals surface area (Å²) in [6.45, 7) is 0. The van der Waals surface area contributed by atoms with Gasteiger partial charge in [-0.15, -0.1) is 0 Å². The van der Waals surface area contributed by atoms with Crippen molar-refractivity contribution in [1.29, 1.82) is 0 Å². The zero-order valence-electron chi connectivity index (χ0n) is 1.43. The molecular formula is HLiNiOZn. The van der Waals surface area contributed by atoms with Crippen molar-refractivity contribution in [3.63, 3.8) is 0 Å². The third-order valence-corrected chi connectivity index (χ3v) is 0. The minimum atomic E-state index is 0. The Bertz CT molecular complexity index is 8.00. The van der Waals surface area contributed by atoms with Gasteiger partial charge in [0.25, 0.3) is 0 Å². The zero-order valence-corrected chi connectivity index (χ0v) is 5.39. The molecule has 0 saturated carbocycles. The predicted octanol–water partition coefficient (Wildman–Crippen LogP) is -0.772. The van der Waals surface area contributed by atoms with Gasteiger partial charge in [-0.25, -0.2) is 0 Å². The van der Waals surface area contributed by atoms with Crippen LogP contribution in [0.15, 0.2) is 0 Å².